The van der Waals surface area contributed by atoms with Crippen molar-refractivity contribution >= 4 is 5.82 Å². The molecule has 112 valence electrons. The van der Waals surface area contributed by atoms with Gasteiger partial charge in [-0.1, -0.05) is 12.1 Å². The first-order valence-corrected chi connectivity index (χ1v) is 7.06. The van der Waals surface area contributed by atoms with E-state index in [9.17, 15) is 0 Å². The van der Waals surface area contributed by atoms with Crippen molar-refractivity contribution in [2.75, 3.05) is 25.6 Å². The maximum atomic E-state index is 5.78. The van der Waals surface area contributed by atoms with Gasteiger partial charge in [-0.05, 0) is 38.0 Å². The summed E-state index contributed by atoms with van der Waals surface area (Å²) in [5.41, 5.74) is 1.22. The summed E-state index contributed by atoms with van der Waals surface area (Å²) in [5, 5.41) is 3.16. The lowest BCUT2D eigenvalue weighted by Gasteiger charge is -2.09. The fourth-order valence-electron chi connectivity index (χ4n) is 1.93. The summed E-state index contributed by atoms with van der Waals surface area (Å²) in [5.74, 6) is 2.76. The Labute approximate surface area is 125 Å². The Balaban J connectivity index is 2.07. The van der Waals surface area contributed by atoms with Gasteiger partial charge in [0.05, 0.1) is 6.61 Å². The fourth-order valence-corrected chi connectivity index (χ4v) is 1.93. The minimum Gasteiger partial charge on any atom is -0.439 e. The quantitative estimate of drug-likeness (QED) is 0.847. The number of aromatic nitrogens is 2. The van der Waals surface area contributed by atoms with E-state index in [4.69, 9.17) is 9.47 Å². The van der Waals surface area contributed by atoms with Gasteiger partial charge >= 0.3 is 0 Å². The van der Waals surface area contributed by atoms with Crippen LogP contribution < -0.4 is 10.1 Å². The van der Waals surface area contributed by atoms with Crippen LogP contribution in [-0.2, 0) is 11.2 Å². The zero-order chi connectivity index (χ0) is 15.1. The van der Waals surface area contributed by atoms with Gasteiger partial charge in [-0.2, -0.15) is 4.98 Å². The number of methoxy groups -OCH3 is 1. The Morgan fingerprint density at radius 2 is 1.90 bits per heavy atom. The summed E-state index contributed by atoms with van der Waals surface area (Å²) in [6.07, 6.45) is 0.897. The monoisotopic (exact) mass is 287 g/mol. The normalized spacial score (nSPS) is 10.4. The number of anilines is 1. The Hall–Kier alpha value is -2.14. The van der Waals surface area contributed by atoms with Crippen LogP contribution in [0.1, 0.15) is 18.3 Å². The van der Waals surface area contributed by atoms with E-state index in [1.807, 2.05) is 38.1 Å². The van der Waals surface area contributed by atoms with Crippen molar-refractivity contribution in [1.82, 2.24) is 9.97 Å². The topological polar surface area (TPSA) is 56.3 Å². The Morgan fingerprint density at radius 1 is 1.14 bits per heavy atom. The predicted octanol–water partition coefficient (Wildman–Crippen LogP) is 3.20. The van der Waals surface area contributed by atoms with Crippen molar-refractivity contribution in [2.24, 2.45) is 0 Å². The van der Waals surface area contributed by atoms with Crippen LogP contribution in [-0.4, -0.2) is 30.2 Å². The molecule has 1 heterocycles. The third-order valence-corrected chi connectivity index (χ3v) is 2.91. The molecule has 0 saturated heterocycles. The van der Waals surface area contributed by atoms with Crippen molar-refractivity contribution in [3.05, 3.63) is 41.7 Å². The van der Waals surface area contributed by atoms with Crippen molar-refractivity contribution in [1.29, 1.82) is 0 Å². The molecule has 0 bridgehead atoms. The lowest BCUT2D eigenvalue weighted by atomic mass is 10.1. The minimum absolute atomic E-state index is 0.545. The minimum atomic E-state index is 0.545. The van der Waals surface area contributed by atoms with Gasteiger partial charge in [0.1, 0.15) is 17.4 Å². The van der Waals surface area contributed by atoms with E-state index >= 15 is 0 Å². The van der Waals surface area contributed by atoms with Gasteiger partial charge < -0.3 is 14.8 Å². The number of rotatable bonds is 7. The van der Waals surface area contributed by atoms with E-state index in [-0.39, 0.29) is 0 Å². The van der Waals surface area contributed by atoms with E-state index < -0.39 is 0 Å². The molecule has 0 aliphatic rings. The average molecular weight is 287 g/mol. The number of aryl methyl sites for hydroxylation is 1. The molecule has 1 N–H and O–H groups in total. The molecular weight excluding hydrogens is 266 g/mol. The predicted molar refractivity (Wildman–Crippen MR) is 83.0 cm³/mol. The molecule has 0 unspecified atom stereocenters. The smallest absolute Gasteiger partial charge is 0.224 e. The maximum absolute atomic E-state index is 5.78. The Kier molecular flexibility index (Phi) is 5.51. The second-order valence-corrected chi connectivity index (χ2v) is 4.66. The van der Waals surface area contributed by atoms with E-state index in [0.717, 1.165) is 31.1 Å². The van der Waals surface area contributed by atoms with Crippen molar-refractivity contribution in [3.63, 3.8) is 0 Å². The Morgan fingerprint density at radius 3 is 2.57 bits per heavy atom. The summed E-state index contributed by atoms with van der Waals surface area (Å²) in [7, 11) is 1.71. The highest BCUT2D eigenvalue weighted by Gasteiger charge is 2.04. The summed E-state index contributed by atoms with van der Waals surface area (Å²) in [6.45, 7) is 5.40. The second-order valence-electron chi connectivity index (χ2n) is 4.66. The SMILES string of the molecule is CCNc1cc(Oc2ccc(CCOC)cc2)nc(C)n1. The van der Waals surface area contributed by atoms with Crippen molar-refractivity contribution in [2.45, 2.75) is 20.3 Å². The molecule has 5 nitrogen and oxygen atoms in total. The standard InChI is InChI=1S/C16H21N3O2/c1-4-17-15-11-16(19-12(2)18-15)21-14-7-5-13(6-8-14)9-10-20-3/h5-8,11H,4,9-10H2,1-3H3,(H,17,18,19). The summed E-state index contributed by atoms with van der Waals surface area (Å²) in [6, 6.07) is 9.75. The van der Waals surface area contributed by atoms with Crippen LogP contribution >= 0.6 is 0 Å². The average Bonchev–Trinajstić information content (AvgIpc) is 2.46. The first-order chi connectivity index (χ1) is 10.2. The van der Waals surface area contributed by atoms with Crippen LogP contribution in [0, 0.1) is 6.92 Å². The second kappa shape index (κ2) is 7.59. The molecule has 1 aromatic heterocycles. The van der Waals surface area contributed by atoms with Gasteiger partial charge in [0.2, 0.25) is 5.88 Å². The first-order valence-electron chi connectivity index (χ1n) is 7.06. The van der Waals surface area contributed by atoms with Gasteiger partial charge in [0, 0.05) is 19.7 Å². The first kappa shape index (κ1) is 15.3. The van der Waals surface area contributed by atoms with E-state index in [0.29, 0.717) is 11.7 Å². The van der Waals surface area contributed by atoms with Gasteiger partial charge in [-0.15, -0.1) is 0 Å². The highest BCUT2D eigenvalue weighted by atomic mass is 16.5. The molecule has 0 aliphatic carbocycles. The van der Waals surface area contributed by atoms with Gasteiger partial charge in [-0.3, -0.25) is 0 Å². The molecule has 0 amide bonds. The summed E-state index contributed by atoms with van der Waals surface area (Å²) in [4.78, 5) is 8.59. The van der Waals surface area contributed by atoms with Crippen LogP contribution in [0.4, 0.5) is 5.82 Å². The molecule has 0 atom stereocenters. The van der Waals surface area contributed by atoms with Crippen molar-refractivity contribution < 1.29 is 9.47 Å². The molecule has 5 heteroatoms. The maximum Gasteiger partial charge on any atom is 0.224 e. The lowest BCUT2D eigenvalue weighted by Crippen LogP contribution is -2.02. The molecule has 0 saturated carbocycles. The van der Waals surface area contributed by atoms with Gasteiger partial charge in [0.15, 0.2) is 0 Å². The molecular formula is C16H21N3O2. The Bertz CT molecular complexity index is 570. The third-order valence-electron chi connectivity index (χ3n) is 2.91. The number of ether oxygens (including phenoxy) is 2. The zero-order valence-corrected chi connectivity index (χ0v) is 12.7. The number of benzene rings is 1. The van der Waals surface area contributed by atoms with E-state index in [1.165, 1.54) is 5.56 Å². The largest absolute Gasteiger partial charge is 0.439 e. The number of nitrogens with zero attached hydrogens (tertiary/aromatic N) is 2. The number of nitrogens with one attached hydrogen (secondary N) is 1. The van der Waals surface area contributed by atoms with Crippen LogP contribution in [0.15, 0.2) is 30.3 Å². The molecule has 0 spiro atoms. The molecule has 1 aromatic carbocycles. The summed E-state index contributed by atoms with van der Waals surface area (Å²) < 4.78 is 10.8. The highest BCUT2D eigenvalue weighted by Crippen LogP contribution is 2.22. The van der Waals surface area contributed by atoms with E-state index in [1.54, 1.807) is 13.2 Å². The molecule has 0 radical (unpaired) electrons. The number of hydrogen-bond donors (Lipinski definition) is 1. The van der Waals surface area contributed by atoms with Crippen molar-refractivity contribution in [3.8, 4) is 11.6 Å². The van der Waals surface area contributed by atoms with Crippen LogP contribution in [0.2, 0.25) is 0 Å². The molecule has 2 rings (SSSR count). The fraction of sp³-hybridized carbons (Fsp3) is 0.375. The third kappa shape index (κ3) is 4.72. The van der Waals surface area contributed by atoms with E-state index in [2.05, 4.69) is 15.3 Å². The molecule has 2 aromatic rings. The van der Waals surface area contributed by atoms with Crippen LogP contribution in [0.5, 0.6) is 11.6 Å². The molecule has 21 heavy (non-hydrogen) atoms. The van der Waals surface area contributed by atoms with Crippen LogP contribution in [0.25, 0.3) is 0 Å². The van der Waals surface area contributed by atoms with Crippen LogP contribution in [0.3, 0.4) is 0 Å². The lowest BCUT2D eigenvalue weighted by molar-refractivity contribution is 0.202. The summed E-state index contributed by atoms with van der Waals surface area (Å²) >= 11 is 0. The van der Waals surface area contributed by atoms with Gasteiger partial charge in [0.25, 0.3) is 0 Å². The number of hydrogen-bond acceptors (Lipinski definition) is 5. The highest BCUT2D eigenvalue weighted by molar-refractivity contribution is 5.40. The molecule has 0 aliphatic heterocycles. The van der Waals surface area contributed by atoms with Gasteiger partial charge in [-0.25, -0.2) is 4.98 Å². The zero-order valence-electron chi connectivity index (χ0n) is 12.7. The molecule has 0 fully saturated rings.